The van der Waals surface area contributed by atoms with Crippen molar-refractivity contribution < 1.29 is 4.68 Å². The maximum Gasteiger partial charge on any atom is 0.213 e. The van der Waals surface area contributed by atoms with Crippen LogP contribution in [0.15, 0.2) is 35.8 Å². The average molecular weight is 415 g/mol. The summed E-state index contributed by atoms with van der Waals surface area (Å²) in [7, 11) is 0. The van der Waals surface area contributed by atoms with Gasteiger partial charge in [0.2, 0.25) is 6.20 Å². The molecule has 2 aliphatic rings. The molecular formula is C21H23N10+. The number of nitrogens with two attached hydrogens (primary N) is 2. The number of hydrazone groups is 1. The number of aromatic nitrogens is 5. The summed E-state index contributed by atoms with van der Waals surface area (Å²) < 4.78 is 3.59. The molecule has 156 valence electrons. The third kappa shape index (κ3) is 3.49. The Hall–Kier alpha value is -3.84. The molecule has 1 fully saturated rings. The average Bonchev–Trinajstić information content (AvgIpc) is 3.54. The zero-order valence-corrected chi connectivity index (χ0v) is 16.9. The summed E-state index contributed by atoms with van der Waals surface area (Å²) in [5.41, 5.74) is 15.6. The van der Waals surface area contributed by atoms with Crippen LogP contribution in [0.4, 0.5) is 5.82 Å². The number of anilines is 1. The predicted molar refractivity (Wildman–Crippen MR) is 117 cm³/mol. The summed E-state index contributed by atoms with van der Waals surface area (Å²) in [6.07, 6.45) is 12.9. The van der Waals surface area contributed by atoms with Crippen molar-refractivity contribution in [3.8, 4) is 17.5 Å². The molecule has 0 saturated heterocycles. The normalized spacial score (nSPS) is 24.6. The molecule has 1 aliphatic carbocycles. The van der Waals surface area contributed by atoms with Crippen LogP contribution in [0.2, 0.25) is 0 Å². The van der Waals surface area contributed by atoms with E-state index in [1.807, 2.05) is 23.1 Å². The fraction of sp³-hybridized carbons (Fsp3) is 0.333. The SMILES string of the molecule is N#C[C@H]1CC[C@](/C=[N+]2\C=C(c3nc(-c4cc(N)[nH]n4)cn4nccc34)C=N2)(CN)CC1. The summed E-state index contributed by atoms with van der Waals surface area (Å²) in [6.45, 7) is 0.529. The maximum atomic E-state index is 9.19. The summed E-state index contributed by atoms with van der Waals surface area (Å²) in [5, 5.41) is 25.1. The molecule has 3 aromatic rings. The Labute approximate surface area is 178 Å². The minimum atomic E-state index is -0.148. The number of nitrogen functional groups attached to an aromatic ring is 1. The Morgan fingerprint density at radius 3 is 2.90 bits per heavy atom. The number of hydrogen-bond donors (Lipinski definition) is 3. The van der Waals surface area contributed by atoms with Crippen molar-refractivity contribution in [2.45, 2.75) is 25.7 Å². The van der Waals surface area contributed by atoms with E-state index in [1.54, 1.807) is 23.0 Å². The van der Waals surface area contributed by atoms with Crippen LogP contribution in [0.25, 0.3) is 22.5 Å². The second-order valence-electron chi connectivity index (χ2n) is 8.15. The van der Waals surface area contributed by atoms with Crippen LogP contribution in [-0.4, -0.2) is 48.5 Å². The van der Waals surface area contributed by atoms with Gasteiger partial charge in [-0.15, -0.1) is 0 Å². The Balaban J connectivity index is 1.51. The summed E-state index contributed by atoms with van der Waals surface area (Å²) in [5.74, 6) is 0.596. The molecule has 1 aliphatic heterocycles. The van der Waals surface area contributed by atoms with E-state index in [0.717, 1.165) is 42.5 Å². The highest BCUT2D eigenvalue weighted by molar-refractivity contribution is 6.12. The second kappa shape index (κ2) is 7.45. The number of allylic oxidation sites excluding steroid dienone is 1. The lowest BCUT2D eigenvalue weighted by atomic mass is 9.71. The Morgan fingerprint density at radius 2 is 2.19 bits per heavy atom. The highest BCUT2D eigenvalue weighted by Crippen LogP contribution is 2.37. The van der Waals surface area contributed by atoms with Crippen LogP contribution >= 0.6 is 0 Å². The topological polar surface area (TPSA) is 150 Å². The van der Waals surface area contributed by atoms with E-state index in [0.29, 0.717) is 23.8 Å². The van der Waals surface area contributed by atoms with Crippen molar-refractivity contribution in [3.63, 3.8) is 0 Å². The molecule has 31 heavy (non-hydrogen) atoms. The smallest absolute Gasteiger partial charge is 0.213 e. The predicted octanol–water partition coefficient (Wildman–Crippen LogP) is 1.78. The number of aromatic amines is 1. The molecular weight excluding hydrogens is 392 g/mol. The Bertz CT molecular complexity index is 1260. The number of nitrogens with one attached hydrogen (secondary N) is 1. The number of nitriles is 1. The maximum absolute atomic E-state index is 9.19. The standard InChI is InChI=1S/C21H23N10/c22-8-14-1-4-21(12-23,5-2-14)13-30-10-15(9-26-30)20-18-3-6-25-31(18)11-17(27-20)16-7-19(24)29-28-16/h3,6-7,9-11,13-14H,1-2,4-5,12,23H2,(H3,24,28,29)/q+1/b30-13+/t14-,21+. The monoisotopic (exact) mass is 415 g/mol. The molecule has 4 heterocycles. The lowest BCUT2D eigenvalue weighted by molar-refractivity contribution is -0.456. The molecule has 0 bridgehead atoms. The minimum absolute atomic E-state index is 0.124. The van der Waals surface area contributed by atoms with Crippen molar-refractivity contribution in [1.29, 1.82) is 5.26 Å². The molecule has 0 radical (unpaired) electrons. The van der Waals surface area contributed by atoms with Crippen molar-refractivity contribution in [3.05, 3.63) is 36.4 Å². The van der Waals surface area contributed by atoms with Gasteiger partial charge in [-0.2, -0.15) is 15.5 Å². The summed E-state index contributed by atoms with van der Waals surface area (Å²) in [4.78, 5) is 4.82. The van der Waals surface area contributed by atoms with Crippen LogP contribution in [0, 0.1) is 22.7 Å². The van der Waals surface area contributed by atoms with E-state index in [1.165, 1.54) is 0 Å². The van der Waals surface area contributed by atoms with Gasteiger partial charge in [-0.1, -0.05) is 4.68 Å². The molecule has 1 saturated carbocycles. The van der Waals surface area contributed by atoms with Gasteiger partial charge in [0, 0.05) is 18.5 Å². The van der Waals surface area contributed by atoms with Crippen molar-refractivity contribution in [2.24, 2.45) is 22.2 Å². The lowest BCUT2D eigenvalue weighted by Gasteiger charge is -2.31. The van der Waals surface area contributed by atoms with Crippen LogP contribution in [-0.2, 0) is 0 Å². The molecule has 5 rings (SSSR count). The van der Waals surface area contributed by atoms with E-state index in [-0.39, 0.29) is 11.3 Å². The third-order valence-electron chi connectivity index (χ3n) is 6.10. The Kier molecular flexibility index (Phi) is 4.60. The largest absolute Gasteiger partial charge is 0.384 e. The summed E-state index contributed by atoms with van der Waals surface area (Å²) in [6, 6.07) is 6.03. The summed E-state index contributed by atoms with van der Waals surface area (Å²) >= 11 is 0. The first-order chi connectivity index (χ1) is 15.1. The van der Waals surface area contributed by atoms with Crippen molar-refractivity contribution >= 4 is 29.3 Å². The third-order valence-corrected chi connectivity index (χ3v) is 6.10. The number of H-pyrrole nitrogens is 1. The fourth-order valence-electron chi connectivity index (χ4n) is 4.25. The molecule has 0 atom stereocenters. The van der Waals surface area contributed by atoms with Gasteiger partial charge in [0.1, 0.15) is 29.1 Å². The van der Waals surface area contributed by atoms with Gasteiger partial charge >= 0.3 is 0 Å². The van der Waals surface area contributed by atoms with Gasteiger partial charge in [0.25, 0.3) is 0 Å². The highest BCUT2D eigenvalue weighted by Gasteiger charge is 2.37. The van der Waals surface area contributed by atoms with Gasteiger partial charge in [-0.3, -0.25) is 5.10 Å². The van der Waals surface area contributed by atoms with E-state index in [4.69, 9.17) is 16.5 Å². The first kappa shape index (κ1) is 19.1. The first-order valence-corrected chi connectivity index (χ1v) is 10.2. The van der Waals surface area contributed by atoms with Crippen LogP contribution in [0.3, 0.4) is 0 Å². The number of rotatable bonds is 4. The number of hydrogen-bond acceptors (Lipinski definition) is 7. The van der Waals surface area contributed by atoms with E-state index in [9.17, 15) is 5.26 Å². The molecule has 10 nitrogen and oxygen atoms in total. The molecule has 0 amide bonds. The van der Waals surface area contributed by atoms with E-state index in [2.05, 4.69) is 32.7 Å². The first-order valence-electron chi connectivity index (χ1n) is 10.2. The lowest BCUT2D eigenvalue weighted by Crippen LogP contribution is -2.37. The van der Waals surface area contributed by atoms with Crippen molar-refractivity contribution in [1.82, 2.24) is 24.8 Å². The van der Waals surface area contributed by atoms with E-state index >= 15 is 0 Å². The zero-order chi connectivity index (χ0) is 21.4. The number of nitrogens with zero attached hydrogens (tertiary/aromatic N) is 7. The zero-order valence-electron chi connectivity index (χ0n) is 16.9. The highest BCUT2D eigenvalue weighted by atomic mass is 15.4. The second-order valence-corrected chi connectivity index (χ2v) is 8.15. The van der Waals surface area contributed by atoms with Crippen LogP contribution < -0.4 is 11.5 Å². The molecule has 0 unspecified atom stereocenters. The number of fused-ring (bicyclic) bond motifs is 1. The molecule has 10 heteroatoms. The van der Waals surface area contributed by atoms with Gasteiger partial charge in [-0.05, 0) is 36.9 Å². The Morgan fingerprint density at radius 1 is 1.35 bits per heavy atom. The molecule has 0 aromatic carbocycles. The van der Waals surface area contributed by atoms with Gasteiger partial charge < -0.3 is 11.5 Å². The van der Waals surface area contributed by atoms with Crippen LogP contribution in [0.5, 0.6) is 0 Å². The fourth-order valence-corrected chi connectivity index (χ4v) is 4.25. The van der Waals surface area contributed by atoms with Gasteiger partial charge in [0.05, 0.1) is 35.0 Å². The quantitative estimate of drug-likeness (QED) is 0.553. The molecule has 3 aromatic heterocycles. The minimum Gasteiger partial charge on any atom is -0.384 e. The van der Waals surface area contributed by atoms with E-state index < -0.39 is 0 Å². The van der Waals surface area contributed by atoms with Gasteiger partial charge in [0.15, 0.2) is 6.21 Å². The molecule has 0 spiro atoms. The van der Waals surface area contributed by atoms with Crippen LogP contribution in [0.1, 0.15) is 31.4 Å². The molecule has 5 N–H and O–H groups in total. The van der Waals surface area contributed by atoms with Crippen molar-refractivity contribution in [2.75, 3.05) is 12.3 Å². The van der Waals surface area contributed by atoms with Gasteiger partial charge in [-0.25, -0.2) is 9.50 Å².